The zero-order valence-corrected chi connectivity index (χ0v) is 23.9. The maximum absolute atomic E-state index is 12.1. The number of nitrogens with one attached hydrogen (secondary N) is 1. The minimum absolute atomic E-state index is 0.00226. The highest BCUT2D eigenvalue weighted by Crippen LogP contribution is 2.42. The highest BCUT2D eigenvalue weighted by atomic mass is 16.7. The quantitative estimate of drug-likeness (QED) is 0.369. The first kappa shape index (κ1) is 29.7. The Bertz CT molecular complexity index is 1150. The van der Waals surface area contributed by atoms with Gasteiger partial charge in [0.05, 0.1) is 25.2 Å². The number of likely N-dealkylation sites (tertiary alicyclic amines) is 2. The number of nitrogens with zero attached hydrogens (tertiary/aromatic N) is 2. The van der Waals surface area contributed by atoms with E-state index in [-0.39, 0.29) is 43.5 Å². The van der Waals surface area contributed by atoms with Crippen LogP contribution in [0.5, 0.6) is 0 Å². The fourth-order valence-corrected chi connectivity index (χ4v) is 6.33. The normalized spacial score (nSPS) is 27.2. The van der Waals surface area contributed by atoms with E-state index in [4.69, 9.17) is 14.6 Å². The molecule has 3 heterocycles. The van der Waals surface area contributed by atoms with Crippen LogP contribution in [0.3, 0.4) is 0 Å². The lowest BCUT2D eigenvalue weighted by atomic mass is 9.90. The van der Waals surface area contributed by atoms with Crippen LogP contribution < -0.4 is 5.32 Å². The predicted molar refractivity (Wildman–Crippen MR) is 155 cm³/mol. The number of carbonyl (C=O) groups is 2. The number of ether oxygens (including phenoxy) is 2. The summed E-state index contributed by atoms with van der Waals surface area (Å²) in [5.74, 6) is -1.21. The molecule has 9 nitrogen and oxygen atoms in total. The van der Waals surface area contributed by atoms with Gasteiger partial charge in [0.15, 0.2) is 6.29 Å². The highest BCUT2D eigenvalue weighted by molar-refractivity contribution is 5.92. The van der Waals surface area contributed by atoms with Gasteiger partial charge in [-0.1, -0.05) is 43.3 Å². The standard InChI is InChI=1S/C32H43N3O6/c1-22-28(20-35-18-4-5-27(35)19-34-16-2-3-17-34)40-32(41-31(22)24-8-6-23(21-36)7-9-24)25-10-12-26(13-11-25)33-29(37)14-15-30(38)39/h6-13,22,27-28,31-32,36H,2-5,14-21H2,1H3,(H,33,37)(H,38,39)/t22-,27-,28+,31+,32+/m0/s1. The van der Waals surface area contributed by atoms with Crippen molar-refractivity contribution in [1.82, 2.24) is 9.80 Å². The molecule has 222 valence electrons. The molecule has 9 heteroatoms. The lowest BCUT2D eigenvalue weighted by Gasteiger charge is -2.43. The van der Waals surface area contributed by atoms with E-state index in [0.717, 1.165) is 36.3 Å². The predicted octanol–water partition coefficient (Wildman–Crippen LogP) is 4.33. The number of aliphatic hydroxyl groups is 1. The van der Waals surface area contributed by atoms with Crippen LogP contribution in [0, 0.1) is 5.92 Å². The number of rotatable bonds is 11. The SMILES string of the molecule is C[C@H]1[C@@H](CN2CCC[C@H]2CN2CCCC2)O[C@@H](c2ccc(NC(=O)CCC(=O)O)cc2)O[C@H]1c1ccc(CO)cc1. The first-order valence-electron chi connectivity index (χ1n) is 15.0. The third-order valence-corrected chi connectivity index (χ3v) is 8.74. The van der Waals surface area contributed by atoms with E-state index in [2.05, 4.69) is 22.0 Å². The number of anilines is 1. The molecule has 2 aromatic rings. The monoisotopic (exact) mass is 565 g/mol. The second-order valence-electron chi connectivity index (χ2n) is 11.7. The Kier molecular flexibility index (Phi) is 10.1. The zero-order chi connectivity index (χ0) is 28.8. The van der Waals surface area contributed by atoms with E-state index in [1.165, 1.54) is 38.8 Å². The van der Waals surface area contributed by atoms with Crippen LogP contribution in [0.25, 0.3) is 0 Å². The Morgan fingerprint density at radius 1 is 0.902 bits per heavy atom. The molecule has 5 atom stereocenters. The van der Waals surface area contributed by atoms with Crippen molar-refractivity contribution < 1.29 is 29.3 Å². The van der Waals surface area contributed by atoms with Gasteiger partial charge in [-0.3, -0.25) is 14.5 Å². The number of carbonyl (C=O) groups excluding carboxylic acids is 1. The number of carboxylic acid groups (broad SMARTS) is 1. The Morgan fingerprint density at radius 3 is 2.29 bits per heavy atom. The molecule has 3 N–H and O–H groups in total. The number of benzene rings is 2. The Balaban J connectivity index is 1.31. The van der Waals surface area contributed by atoms with Gasteiger partial charge in [0.2, 0.25) is 5.91 Å². The van der Waals surface area contributed by atoms with Crippen molar-refractivity contribution in [2.24, 2.45) is 5.92 Å². The smallest absolute Gasteiger partial charge is 0.303 e. The molecule has 0 spiro atoms. The molecule has 41 heavy (non-hydrogen) atoms. The second kappa shape index (κ2) is 13.9. The van der Waals surface area contributed by atoms with E-state index in [1.807, 2.05) is 36.4 Å². The number of aliphatic hydroxyl groups excluding tert-OH is 1. The molecular formula is C32H43N3O6. The van der Waals surface area contributed by atoms with Gasteiger partial charge in [-0.2, -0.15) is 0 Å². The Morgan fingerprint density at radius 2 is 1.61 bits per heavy atom. The zero-order valence-electron chi connectivity index (χ0n) is 23.9. The maximum atomic E-state index is 12.1. The minimum Gasteiger partial charge on any atom is -0.481 e. The van der Waals surface area contributed by atoms with Crippen LogP contribution in [-0.4, -0.2) is 76.8 Å². The average molecular weight is 566 g/mol. The fraction of sp³-hybridized carbons (Fsp3) is 0.562. The molecule has 3 saturated heterocycles. The number of aliphatic carboxylic acids is 1. The van der Waals surface area contributed by atoms with Gasteiger partial charge in [0.25, 0.3) is 0 Å². The van der Waals surface area contributed by atoms with E-state index >= 15 is 0 Å². The maximum Gasteiger partial charge on any atom is 0.303 e. The lowest BCUT2D eigenvalue weighted by Crippen LogP contribution is -2.48. The van der Waals surface area contributed by atoms with E-state index < -0.39 is 12.3 Å². The molecule has 0 radical (unpaired) electrons. The van der Waals surface area contributed by atoms with Crippen LogP contribution in [0.15, 0.2) is 48.5 Å². The third-order valence-electron chi connectivity index (χ3n) is 8.74. The summed E-state index contributed by atoms with van der Waals surface area (Å²) in [4.78, 5) is 28.1. The number of amides is 1. The van der Waals surface area contributed by atoms with Gasteiger partial charge in [-0.15, -0.1) is 0 Å². The van der Waals surface area contributed by atoms with Crippen molar-refractivity contribution in [2.45, 2.75) is 76.6 Å². The first-order valence-corrected chi connectivity index (χ1v) is 15.0. The molecule has 0 unspecified atom stereocenters. The van der Waals surface area contributed by atoms with Gasteiger partial charge in [-0.25, -0.2) is 0 Å². The molecule has 0 bridgehead atoms. The number of hydrogen-bond donors (Lipinski definition) is 3. The summed E-state index contributed by atoms with van der Waals surface area (Å²) < 4.78 is 13.3. The van der Waals surface area contributed by atoms with E-state index in [0.29, 0.717) is 11.7 Å². The Labute approximate surface area is 242 Å². The summed E-state index contributed by atoms with van der Waals surface area (Å²) in [5, 5.41) is 21.1. The fourth-order valence-electron chi connectivity index (χ4n) is 6.33. The van der Waals surface area contributed by atoms with Crippen LogP contribution >= 0.6 is 0 Å². The van der Waals surface area contributed by atoms with Crippen LogP contribution in [-0.2, 0) is 25.7 Å². The molecule has 3 fully saturated rings. The summed E-state index contributed by atoms with van der Waals surface area (Å²) >= 11 is 0. The van der Waals surface area contributed by atoms with E-state index in [1.54, 1.807) is 12.1 Å². The summed E-state index contributed by atoms with van der Waals surface area (Å²) in [5.41, 5.74) is 3.38. The molecule has 0 aliphatic carbocycles. The minimum atomic E-state index is -0.997. The first-order chi connectivity index (χ1) is 19.9. The van der Waals surface area contributed by atoms with Crippen molar-refractivity contribution in [3.63, 3.8) is 0 Å². The van der Waals surface area contributed by atoms with Gasteiger partial charge >= 0.3 is 5.97 Å². The van der Waals surface area contributed by atoms with Gasteiger partial charge < -0.3 is 29.9 Å². The van der Waals surface area contributed by atoms with Crippen molar-refractivity contribution in [3.05, 3.63) is 65.2 Å². The van der Waals surface area contributed by atoms with Crippen molar-refractivity contribution in [2.75, 3.05) is 38.0 Å². The van der Waals surface area contributed by atoms with Crippen LogP contribution in [0.2, 0.25) is 0 Å². The second-order valence-corrected chi connectivity index (χ2v) is 11.7. The summed E-state index contributed by atoms with van der Waals surface area (Å²) in [6, 6.07) is 15.9. The van der Waals surface area contributed by atoms with Gasteiger partial charge in [0.1, 0.15) is 0 Å². The van der Waals surface area contributed by atoms with Crippen molar-refractivity contribution in [1.29, 1.82) is 0 Å². The summed E-state index contributed by atoms with van der Waals surface area (Å²) in [6.07, 6.45) is 3.98. The molecule has 3 aliphatic heterocycles. The molecule has 2 aromatic carbocycles. The summed E-state index contributed by atoms with van der Waals surface area (Å²) in [6.45, 7) is 7.68. The van der Waals surface area contributed by atoms with Crippen molar-refractivity contribution >= 4 is 17.6 Å². The largest absolute Gasteiger partial charge is 0.481 e. The van der Waals surface area contributed by atoms with Gasteiger partial charge in [-0.05, 0) is 68.6 Å². The van der Waals surface area contributed by atoms with Crippen molar-refractivity contribution in [3.8, 4) is 0 Å². The molecular weight excluding hydrogens is 522 g/mol. The number of carboxylic acids is 1. The summed E-state index contributed by atoms with van der Waals surface area (Å²) in [7, 11) is 0. The number of hydrogen-bond acceptors (Lipinski definition) is 7. The molecule has 0 aromatic heterocycles. The molecule has 5 rings (SSSR count). The topological polar surface area (TPSA) is 112 Å². The molecule has 1 amide bonds. The highest BCUT2D eigenvalue weighted by Gasteiger charge is 2.40. The van der Waals surface area contributed by atoms with Crippen LogP contribution in [0.1, 0.15) is 74.5 Å². The molecule has 3 aliphatic rings. The molecule has 0 saturated carbocycles. The van der Waals surface area contributed by atoms with Gasteiger partial charge in [0, 0.05) is 42.7 Å². The van der Waals surface area contributed by atoms with Crippen LogP contribution in [0.4, 0.5) is 5.69 Å². The third kappa shape index (κ3) is 7.72. The Hall–Kier alpha value is -2.82. The van der Waals surface area contributed by atoms with E-state index in [9.17, 15) is 14.7 Å². The lowest BCUT2D eigenvalue weighted by molar-refractivity contribution is -0.276. The average Bonchev–Trinajstić information content (AvgIpc) is 3.66.